The van der Waals surface area contributed by atoms with E-state index in [2.05, 4.69) is 0 Å². The van der Waals surface area contributed by atoms with Crippen LogP contribution in [0, 0.1) is 35.1 Å². The zero-order valence-electron chi connectivity index (χ0n) is 28.1. The molecule has 0 saturated carbocycles. The molecule has 0 spiro atoms. The molecule has 4 rings (SSSR count). The molecule has 4 N–H and O–H groups in total. The Morgan fingerprint density at radius 3 is 0.980 bits per heavy atom. The number of esters is 1. The van der Waals surface area contributed by atoms with Crippen molar-refractivity contribution < 1.29 is 52.3 Å². The second-order valence-corrected chi connectivity index (χ2v) is 12.0. The summed E-state index contributed by atoms with van der Waals surface area (Å²) >= 11 is 0. The van der Waals surface area contributed by atoms with Crippen LogP contribution in [0.4, 0.5) is 17.6 Å². The lowest BCUT2D eigenvalue weighted by Crippen LogP contribution is -2.42. The lowest BCUT2D eigenvalue weighted by Gasteiger charge is -2.35. The van der Waals surface area contributed by atoms with E-state index in [1.54, 1.807) is 34.6 Å². The van der Waals surface area contributed by atoms with Gasteiger partial charge in [0.2, 0.25) is 0 Å². The Kier molecular flexibility index (Phi) is 14.7. The molecule has 0 fully saturated rings. The van der Waals surface area contributed by atoms with Crippen LogP contribution in [0.15, 0.2) is 97.1 Å². The van der Waals surface area contributed by atoms with Crippen molar-refractivity contribution in [3.63, 3.8) is 0 Å². The van der Waals surface area contributed by atoms with Crippen LogP contribution in [0.3, 0.4) is 0 Å². The topological polar surface area (TPSA) is 124 Å². The molecule has 4 aromatic rings. The van der Waals surface area contributed by atoms with Gasteiger partial charge in [0.1, 0.15) is 35.0 Å². The van der Waals surface area contributed by atoms with Crippen LogP contribution in [-0.4, -0.2) is 44.6 Å². The van der Waals surface area contributed by atoms with Crippen LogP contribution in [0.5, 0.6) is 0 Å². The number of aliphatic hydroxyl groups is 3. The van der Waals surface area contributed by atoms with Gasteiger partial charge in [-0.1, -0.05) is 76.2 Å². The second-order valence-electron chi connectivity index (χ2n) is 12.0. The summed E-state index contributed by atoms with van der Waals surface area (Å²) in [6.45, 7) is 9.62. The van der Waals surface area contributed by atoms with Gasteiger partial charge in [-0.15, -0.1) is 0 Å². The molecule has 2 atom stereocenters. The number of benzene rings is 4. The molecular formula is C38H42F4O7. The lowest BCUT2D eigenvalue weighted by atomic mass is 9.82. The summed E-state index contributed by atoms with van der Waals surface area (Å²) < 4.78 is 57.7. The Morgan fingerprint density at radius 1 is 0.531 bits per heavy atom. The number of carboxylic acid groups (broad SMARTS) is 1. The smallest absolute Gasteiger partial charge is 0.308 e. The van der Waals surface area contributed by atoms with E-state index >= 15 is 0 Å². The molecule has 264 valence electrons. The minimum absolute atomic E-state index is 0.231. The predicted molar refractivity (Wildman–Crippen MR) is 176 cm³/mol. The molecule has 0 bridgehead atoms. The van der Waals surface area contributed by atoms with Gasteiger partial charge in [0.15, 0.2) is 5.60 Å². The molecule has 49 heavy (non-hydrogen) atoms. The molecule has 0 saturated heterocycles. The third-order valence-electron chi connectivity index (χ3n) is 7.59. The third kappa shape index (κ3) is 10.7. The number of aliphatic hydroxyl groups excluding tert-OH is 1. The average Bonchev–Trinajstić information content (AvgIpc) is 3.05. The van der Waals surface area contributed by atoms with Crippen molar-refractivity contribution in [3.05, 3.63) is 143 Å². The van der Waals surface area contributed by atoms with Gasteiger partial charge >= 0.3 is 11.9 Å². The lowest BCUT2D eigenvalue weighted by molar-refractivity contribution is -0.163. The van der Waals surface area contributed by atoms with E-state index in [9.17, 15) is 42.5 Å². The van der Waals surface area contributed by atoms with Gasteiger partial charge in [-0.05, 0) is 84.6 Å². The highest BCUT2D eigenvalue weighted by atomic mass is 19.1. The Labute approximate surface area is 283 Å². The van der Waals surface area contributed by atoms with Crippen molar-refractivity contribution in [1.29, 1.82) is 0 Å². The summed E-state index contributed by atoms with van der Waals surface area (Å²) in [5, 5.41) is 39.9. The highest BCUT2D eigenvalue weighted by molar-refractivity contribution is 5.72. The fourth-order valence-corrected chi connectivity index (χ4v) is 4.50. The fraction of sp³-hybridized carbons (Fsp3) is 0.316. The molecule has 0 heterocycles. The van der Waals surface area contributed by atoms with Crippen LogP contribution in [0.1, 0.15) is 63.8 Å². The second kappa shape index (κ2) is 17.7. The standard InChI is InChI=1S/C19H20F2O3.C15H14F2O2.C4H8O2/c1-12(2)18(22)24-13(3)19(23,14-4-8-16(20)9-5-14)15-6-10-17(21)11-7-15;1-10(18)15(19,11-2-6-13(16)7-3-11)12-4-8-14(17)9-5-12;1-3(2)4(5)6/h4-13,23H,1-3H3;2-10,18-19H,1H3;3H,1-2H3,(H,5,6)/t13-;10-;/m00./s1. The number of ether oxygens (including phenoxy) is 1. The molecule has 0 aromatic heterocycles. The van der Waals surface area contributed by atoms with Crippen LogP contribution in [-0.2, 0) is 25.5 Å². The number of carbonyl (C=O) groups is 2. The highest BCUT2D eigenvalue weighted by Gasteiger charge is 2.41. The first kappa shape index (κ1) is 40.6. The van der Waals surface area contributed by atoms with Crippen LogP contribution in [0.2, 0.25) is 0 Å². The molecular weight excluding hydrogens is 644 g/mol. The van der Waals surface area contributed by atoms with Gasteiger partial charge < -0.3 is 25.2 Å². The summed E-state index contributed by atoms with van der Waals surface area (Å²) in [6.07, 6.45) is -2.09. The number of hydrogen-bond donors (Lipinski definition) is 4. The van der Waals surface area contributed by atoms with Gasteiger partial charge in [-0.3, -0.25) is 9.59 Å². The van der Waals surface area contributed by atoms with Crippen molar-refractivity contribution in [3.8, 4) is 0 Å². The Hall–Kier alpha value is -4.58. The maximum absolute atomic E-state index is 13.2. The van der Waals surface area contributed by atoms with Gasteiger partial charge in [0.05, 0.1) is 17.9 Å². The van der Waals surface area contributed by atoms with E-state index in [4.69, 9.17) is 9.84 Å². The zero-order valence-corrected chi connectivity index (χ0v) is 28.1. The van der Waals surface area contributed by atoms with E-state index < -0.39 is 58.6 Å². The van der Waals surface area contributed by atoms with Crippen LogP contribution in [0.25, 0.3) is 0 Å². The van der Waals surface area contributed by atoms with Crippen molar-refractivity contribution >= 4 is 11.9 Å². The van der Waals surface area contributed by atoms with Crippen LogP contribution >= 0.6 is 0 Å². The molecule has 4 aromatic carbocycles. The molecule has 11 heteroatoms. The highest BCUT2D eigenvalue weighted by Crippen LogP contribution is 2.36. The summed E-state index contributed by atoms with van der Waals surface area (Å²) in [5.74, 6) is -3.58. The first-order chi connectivity index (χ1) is 22.8. The number of halogens is 4. The van der Waals surface area contributed by atoms with E-state index in [1.165, 1.54) is 104 Å². The minimum atomic E-state index is -1.73. The number of carboxylic acids is 1. The summed E-state index contributed by atoms with van der Waals surface area (Å²) in [5.41, 5.74) is -2.06. The largest absolute Gasteiger partial charge is 0.481 e. The van der Waals surface area contributed by atoms with Gasteiger partial charge in [0, 0.05) is 0 Å². The summed E-state index contributed by atoms with van der Waals surface area (Å²) in [7, 11) is 0. The number of aliphatic carboxylic acids is 1. The monoisotopic (exact) mass is 686 g/mol. The normalized spacial score (nSPS) is 12.6. The van der Waals surface area contributed by atoms with E-state index in [-0.39, 0.29) is 11.8 Å². The van der Waals surface area contributed by atoms with Crippen molar-refractivity contribution in [2.45, 2.75) is 65.0 Å². The maximum atomic E-state index is 13.2. The number of carbonyl (C=O) groups excluding carboxylic acids is 1. The third-order valence-corrected chi connectivity index (χ3v) is 7.59. The van der Waals surface area contributed by atoms with E-state index in [0.717, 1.165) is 0 Å². The molecule has 0 aliphatic heterocycles. The molecule has 0 aliphatic rings. The van der Waals surface area contributed by atoms with Crippen molar-refractivity contribution in [2.24, 2.45) is 11.8 Å². The number of hydrogen-bond acceptors (Lipinski definition) is 6. The quantitative estimate of drug-likeness (QED) is 0.109. The Morgan fingerprint density at radius 2 is 0.776 bits per heavy atom. The minimum Gasteiger partial charge on any atom is -0.481 e. The predicted octanol–water partition coefficient (Wildman–Crippen LogP) is 7.10. The van der Waals surface area contributed by atoms with E-state index in [0.29, 0.717) is 22.3 Å². The Balaban J connectivity index is 0.000000297. The van der Waals surface area contributed by atoms with E-state index in [1.807, 2.05) is 0 Å². The van der Waals surface area contributed by atoms with Gasteiger partial charge in [-0.2, -0.15) is 0 Å². The average molecular weight is 687 g/mol. The Bertz CT molecular complexity index is 1530. The first-order valence-corrected chi connectivity index (χ1v) is 15.4. The maximum Gasteiger partial charge on any atom is 0.308 e. The fourth-order valence-electron chi connectivity index (χ4n) is 4.50. The van der Waals surface area contributed by atoms with Gasteiger partial charge in [-0.25, -0.2) is 17.6 Å². The molecule has 0 aliphatic carbocycles. The molecule has 7 nitrogen and oxygen atoms in total. The molecule has 0 amide bonds. The summed E-state index contributed by atoms with van der Waals surface area (Å²) in [4.78, 5) is 21.6. The zero-order chi connectivity index (χ0) is 37.1. The van der Waals surface area contributed by atoms with Crippen molar-refractivity contribution in [1.82, 2.24) is 0 Å². The van der Waals surface area contributed by atoms with Crippen molar-refractivity contribution in [2.75, 3.05) is 0 Å². The number of rotatable bonds is 9. The first-order valence-electron chi connectivity index (χ1n) is 15.4. The molecule has 0 unspecified atom stereocenters. The van der Waals surface area contributed by atoms with Gasteiger partial charge in [0.25, 0.3) is 0 Å². The SMILES string of the molecule is CC(C)C(=O)O.CC(C)C(=O)O[C@@H](C)C(O)(c1ccc(F)cc1)c1ccc(F)cc1.C[C@H](O)C(O)(c1ccc(F)cc1)c1ccc(F)cc1. The molecule has 0 radical (unpaired) electrons. The summed E-state index contributed by atoms with van der Waals surface area (Å²) in [6, 6.07) is 20.9. The van der Waals surface area contributed by atoms with Crippen LogP contribution < -0.4 is 0 Å².